The first-order chi connectivity index (χ1) is 16.2. The van der Waals surface area contributed by atoms with E-state index in [-0.39, 0.29) is 11.6 Å². The molecule has 1 aliphatic rings. The average molecular weight is 472 g/mol. The van der Waals surface area contributed by atoms with Crippen molar-refractivity contribution in [1.82, 2.24) is 15.3 Å². The van der Waals surface area contributed by atoms with Crippen LogP contribution in [0.1, 0.15) is 39.2 Å². The molecule has 1 saturated carbocycles. The maximum atomic E-state index is 12.4. The van der Waals surface area contributed by atoms with Gasteiger partial charge in [-0.15, -0.1) is 0 Å². The van der Waals surface area contributed by atoms with Crippen LogP contribution in [0.4, 0.5) is 4.79 Å². The number of aromatic nitrogens is 2. The summed E-state index contributed by atoms with van der Waals surface area (Å²) in [6.45, 7) is 5.81. The molecule has 0 saturated heterocycles. The second-order valence-electron chi connectivity index (χ2n) is 9.76. The normalized spacial score (nSPS) is 14.6. The third-order valence-electron chi connectivity index (χ3n) is 5.93. The fraction of sp³-hybridized carbons (Fsp3) is 0.250. The van der Waals surface area contributed by atoms with Crippen LogP contribution in [0.25, 0.3) is 33.3 Å². The van der Waals surface area contributed by atoms with Gasteiger partial charge in [-0.05, 0) is 56.9 Å². The summed E-state index contributed by atoms with van der Waals surface area (Å²) < 4.78 is 5.83. The van der Waals surface area contributed by atoms with Crippen molar-refractivity contribution in [2.24, 2.45) is 0 Å². The Labute approximate surface area is 204 Å². The fourth-order valence-electron chi connectivity index (χ4n) is 4.12. The number of nitrogens with zero attached hydrogens (tertiary/aromatic N) is 2. The second-order valence-corrected chi connectivity index (χ2v) is 10.1. The quantitative estimate of drug-likeness (QED) is 0.321. The van der Waals surface area contributed by atoms with Gasteiger partial charge in [0, 0.05) is 28.2 Å². The number of amides is 1. The molecule has 4 aromatic rings. The Morgan fingerprint density at radius 3 is 2.35 bits per heavy atom. The molecule has 2 aromatic carbocycles. The first kappa shape index (κ1) is 22.4. The predicted molar refractivity (Wildman–Crippen MR) is 136 cm³/mol. The molecule has 2 aromatic heterocycles. The van der Waals surface area contributed by atoms with Crippen LogP contribution in [-0.4, -0.2) is 21.6 Å². The smallest absolute Gasteiger partial charge is 0.408 e. The van der Waals surface area contributed by atoms with Crippen LogP contribution in [0.15, 0.2) is 72.9 Å². The zero-order valence-corrected chi connectivity index (χ0v) is 20.2. The van der Waals surface area contributed by atoms with Gasteiger partial charge in [-0.25, -0.2) is 14.8 Å². The SMILES string of the molecule is CC(C)(C)NC(=O)OC1(c2ccc(-c3nc4ccnc(Cl)c4cc3-c3ccccc3)cc2)CC1. The van der Waals surface area contributed by atoms with Crippen LogP contribution in [0.2, 0.25) is 5.15 Å². The molecule has 5 nitrogen and oxygen atoms in total. The van der Waals surface area contributed by atoms with Gasteiger partial charge in [0.2, 0.25) is 0 Å². The fourth-order valence-corrected chi connectivity index (χ4v) is 4.33. The molecule has 1 aliphatic carbocycles. The summed E-state index contributed by atoms with van der Waals surface area (Å²) in [6, 6.07) is 22.2. The molecule has 0 unspecified atom stereocenters. The number of hydrogen-bond donors (Lipinski definition) is 1. The molecule has 172 valence electrons. The topological polar surface area (TPSA) is 64.1 Å². The van der Waals surface area contributed by atoms with Gasteiger partial charge in [0.25, 0.3) is 0 Å². The molecule has 2 heterocycles. The van der Waals surface area contributed by atoms with E-state index in [9.17, 15) is 4.79 Å². The monoisotopic (exact) mass is 471 g/mol. The molecule has 6 heteroatoms. The van der Waals surface area contributed by atoms with E-state index in [2.05, 4.69) is 28.5 Å². The lowest BCUT2D eigenvalue weighted by atomic mass is 9.96. The lowest BCUT2D eigenvalue weighted by Crippen LogP contribution is -2.42. The summed E-state index contributed by atoms with van der Waals surface area (Å²) in [5, 5.41) is 4.14. The highest BCUT2D eigenvalue weighted by Crippen LogP contribution is 2.49. The third kappa shape index (κ3) is 4.48. The maximum Gasteiger partial charge on any atom is 0.408 e. The minimum Gasteiger partial charge on any atom is -0.438 e. The van der Waals surface area contributed by atoms with E-state index in [1.807, 2.05) is 69.3 Å². The number of rotatable bonds is 4. The molecule has 5 rings (SSSR count). The van der Waals surface area contributed by atoms with Crippen molar-refractivity contribution >= 4 is 28.6 Å². The number of fused-ring (bicyclic) bond motifs is 1. The van der Waals surface area contributed by atoms with Gasteiger partial charge in [0.15, 0.2) is 0 Å². The first-order valence-electron chi connectivity index (χ1n) is 11.4. The number of alkyl carbamates (subject to hydrolysis) is 1. The Balaban J connectivity index is 1.52. The van der Waals surface area contributed by atoms with Crippen molar-refractivity contribution in [1.29, 1.82) is 0 Å². The maximum absolute atomic E-state index is 12.4. The molecule has 1 N–H and O–H groups in total. The van der Waals surface area contributed by atoms with Crippen LogP contribution < -0.4 is 5.32 Å². The Morgan fingerprint density at radius 2 is 1.71 bits per heavy atom. The standard InChI is InChI=1S/C28H26ClN3O2/c1-27(2,3)32-26(33)34-28(14-15-28)20-11-9-19(10-12-20)24-21(18-7-5-4-6-8-18)17-22-23(31-24)13-16-30-25(22)29/h4-13,16-17H,14-15H2,1-3H3,(H,32,33). The zero-order valence-electron chi connectivity index (χ0n) is 19.4. The molecule has 34 heavy (non-hydrogen) atoms. The van der Waals surface area contributed by atoms with Gasteiger partial charge in [0.1, 0.15) is 10.8 Å². The van der Waals surface area contributed by atoms with Gasteiger partial charge in [-0.1, -0.05) is 66.2 Å². The number of nitrogens with one attached hydrogen (secondary N) is 1. The van der Waals surface area contributed by atoms with Gasteiger partial charge in [-0.2, -0.15) is 0 Å². The molecule has 0 spiro atoms. The molecular formula is C28H26ClN3O2. The van der Waals surface area contributed by atoms with Gasteiger partial charge >= 0.3 is 6.09 Å². The number of pyridine rings is 2. The van der Waals surface area contributed by atoms with E-state index < -0.39 is 5.60 Å². The molecule has 0 radical (unpaired) electrons. The highest BCUT2D eigenvalue weighted by atomic mass is 35.5. The van der Waals surface area contributed by atoms with Gasteiger partial charge < -0.3 is 10.1 Å². The summed E-state index contributed by atoms with van der Waals surface area (Å²) in [7, 11) is 0. The van der Waals surface area contributed by atoms with Crippen molar-refractivity contribution in [2.45, 2.75) is 44.8 Å². The van der Waals surface area contributed by atoms with E-state index in [1.54, 1.807) is 6.20 Å². The Hall–Kier alpha value is -3.44. The van der Waals surface area contributed by atoms with Gasteiger partial charge in [-0.3, -0.25) is 0 Å². The summed E-state index contributed by atoms with van der Waals surface area (Å²) in [5.74, 6) is 0. The number of hydrogen-bond acceptors (Lipinski definition) is 4. The van der Waals surface area contributed by atoms with Crippen LogP contribution in [0, 0.1) is 0 Å². The molecule has 1 fully saturated rings. The summed E-state index contributed by atoms with van der Waals surface area (Å²) >= 11 is 6.38. The molecule has 0 bridgehead atoms. The van der Waals surface area contributed by atoms with Crippen LogP contribution in [-0.2, 0) is 10.3 Å². The minimum absolute atomic E-state index is 0.342. The van der Waals surface area contributed by atoms with Crippen molar-refractivity contribution in [3.05, 3.63) is 83.6 Å². The van der Waals surface area contributed by atoms with Crippen molar-refractivity contribution < 1.29 is 9.53 Å². The van der Waals surface area contributed by atoms with Crippen LogP contribution in [0.5, 0.6) is 0 Å². The minimum atomic E-state index is -0.549. The summed E-state index contributed by atoms with van der Waals surface area (Å²) in [4.78, 5) is 21.5. The van der Waals surface area contributed by atoms with Crippen molar-refractivity contribution in [2.75, 3.05) is 0 Å². The predicted octanol–water partition coefficient (Wildman–Crippen LogP) is 7.13. The molecule has 0 atom stereocenters. The van der Waals surface area contributed by atoms with E-state index in [1.165, 1.54) is 0 Å². The number of carbonyl (C=O) groups excluding carboxylic acids is 1. The Kier molecular flexibility index (Phi) is 5.53. The lowest BCUT2D eigenvalue weighted by molar-refractivity contribution is 0.0755. The highest BCUT2D eigenvalue weighted by Gasteiger charge is 2.49. The van der Waals surface area contributed by atoms with Crippen molar-refractivity contribution in [3.63, 3.8) is 0 Å². The van der Waals surface area contributed by atoms with E-state index in [0.717, 1.165) is 51.7 Å². The van der Waals surface area contributed by atoms with E-state index in [0.29, 0.717) is 5.15 Å². The van der Waals surface area contributed by atoms with Gasteiger partial charge in [0.05, 0.1) is 11.2 Å². The summed E-state index contributed by atoms with van der Waals surface area (Å²) in [5.41, 5.74) is 4.77. The summed E-state index contributed by atoms with van der Waals surface area (Å²) in [6.07, 6.45) is 2.92. The third-order valence-corrected chi connectivity index (χ3v) is 6.23. The zero-order chi connectivity index (χ0) is 23.9. The Morgan fingerprint density at radius 1 is 1.00 bits per heavy atom. The number of halogens is 1. The average Bonchev–Trinajstić information content (AvgIpc) is 3.58. The largest absolute Gasteiger partial charge is 0.438 e. The van der Waals surface area contributed by atoms with Crippen LogP contribution in [0.3, 0.4) is 0 Å². The lowest BCUT2D eigenvalue weighted by Gasteiger charge is -2.24. The number of benzene rings is 2. The second kappa shape index (κ2) is 8.41. The van der Waals surface area contributed by atoms with E-state index >= 15 is 0 Å². The first-order valence-corrected chi connectivity index (χ1v) is 11.7. The van der Waals surface area contributed by atoms with Crippen LogP contribution >= 0.6 is 11.6 Å². The van der Waals surface area contributed by atoms with E-state index in [4.69, 9.17) is 21.3 Å². The molecule has 1 amide bonds. The number of ether oxygens (including phenoxy) is 1. The molecule has 0 aliphatic heterocycles. The van der Waals surface area contributed by atoms with Crippen molar-refractivity contribution in [3.8, 4) is 22.4 Å². The number of carbonyl (C=O) groups is 1. The highest BCUT2D eigenvalue weighted by molar-refractivity contribution is 6.34. The molecular weight excluding hydrogens is 446 g/mol. The Bertz CT molecular complexity index is 1360.